The molecule has 0 unspecified atom stereocenters. The number of fused-ring (bicyclic) bond motifs is 1. The number of ether oxygens (including phenoxy) is 1. The van der Waals surface area contributed by atoms with E-state index < -0.39 is 0 Å². The first-order valence-electron chi connectivity index (χ1n) is 4.60. The van der Waals surface area contributed by atoms with Gasteiger partial charge in [0.1, 0.15) is 12.4 Å². The van der Waals surface area contributed by atoms with E-state index in [4.69, 9.17) is 4.74 Å². The molecule has 0 atom stereocenters. The quantitative estimate of drug-likeness (QED) is 0.683. The SMILES string of the molecule is CC(C)N1C(=O)OCc2cccnc21. The second-order valence-electron chi connectivity index (χ2n) is 3.50. The number of hydrogen-bond donors (Lipinski definition) is 0. The van der Waals surface area contributed by atoms with Gasteiger partial charge in [-0.1, -0.05) is 6.07 Å². The summed E-state index contributed by atoms with van der Waals surface area (Å²) in [5.41, 5.74) is 0.959. The van der Waals surface area contributed by atoms with Gasteiger partial charge in [-0.25, -0.2) is 9.78 Å². The normalized spacial score (nSPS) is 15.4. The van der Waals surface area contributed by atoms with Crippen molar-refractivity contribution in [3.05, 3.63) is 23.9 Å². The minimum Gasteiger partial charge on any atom is -0.444 e. The third-order valence-corrected chi connectivity index (χ3v) is 2.16. The Morgan fingerprint density at radius 2 is 2.36 bits per heavy atom. The van der Waals surface area contributed by atoms with Crippen LogP contribution in [0.5, 0.6) is 0 Å². The molecule has 1 aliphatic heterocycles. The molecule has 14 heavy (non-hydrogen) atoms. The van der Waals surface area contributed by atoms with Crippen LogP contribution >= 0.6 is 0 Å². The first-order chi connectivity index (χ1) is 6.70. The fraction of sp³-hybridized carbons (Fsp3) is 0.400. The van der Waals surface area contributed by atoms with Gasteiger partial charge in [-0.2, -0.15) is 0 Å². The molecule has 0 saturated carbocycles. The second kappa shape index (κ2) is 3.29. The van der Waals surface area contributed by atoms with E-state index in [-0.39, 0.29) is 12.1 Å². The molecule has 0 spiro atoms. The molecule has 4 nitrogen and oxygen atoms in total. The molecule has 0 aromatic carbocycles. The van der Waals surface area contributed by atoms with Crippen LogP contribution in [0.1, 0.15) is 19.4 Å². The van der Waals surface area contributed by atoms with Crippen molar-refractivity contribution in [3.8, 4) is 0 Å². The van der Waals surface area contributed by atoms with Crippen LogP contribution in [-0.2, 0) is 11.3 Å². The zero-order valence-electron chi connectivity index (χ0n) is 8.23. The van der Waals surface area contributed by atoms with E-state index in [9.17, 15) is 4.79 Å². The van der Waals surface area contributed by atoms with Crippen LogP contribution < -0.4 is 4.90 Å². The molecular weight excluding hydrogens is 180 g/mol. The predicted octanol–water partition coefficient (Wildman–Crippen LogP) is 1.95. The van der Waals surface area contributed by atoms with E-state index in [1.54, 1.807) is 11.1 Å². The molecule has 74 valence electrons. The van der Waals surface area contributed by atoms with Gasteiger partial charge in [0, 0.05) is 17.8 Å². The summed E-state index contributed by atoms with van der Waals surface area (Å²) in [5.74, 6) is 0.721. The van der Waals surface area contributed by atoms with Crippen LogP contribution in [0.15, 0.2) is 18.3 Å². The maximum Gasteiger partial charge on any atom is 0.416 e. The number of nitrogens with zero attached hydrogens (tertiary/aromatic N) is 2. The van der Waals surface area contributed by atoms with Gasteiger partial charge in [-0.3, -0.25) is 4.90 Å². The fourth-order valence-corrected chi connectivity index (χ4v) is 1.51. The Labute approximate surface area is 82.5 Å². The standard InChI is InChI=1S/C10H12N2O2/c1-7(2)12-9-8(4-3-5-11-9)6-14-10(12)13/h3-5,7H,6H2,1-2H3. The lowest BCUT2D eigenvalue weighted by Gasteiger charge is -2.30. The molecule has 4 heteroatoms. The lowest BCUT2D eigenvalue weighted by molar-refractivity contribution is 0.139. The van der Waals surface area contributed by atoms with Crippen molar-refractivity contribution in [2.45, 2.75) is 26.5 Å². The molecule has 2 rings (SSSR count). The maximum absolute atomic E-state index is 11.5. The smallest absolute Gasteiger partial charge is 0.416 e. The number of anilines is 1. The summed E-state index contributed by atoms with van der Waals surface area (Å²) < 4.78 is 5.03. The summed E-state index contributed by atoms with van der Waals surface area (Å²) in [4.78, 5) is 17.2. The number of pyridine rings is 1. The summed E-state index contributed by atoms with van der Waals surface area (Å²) in [6.45, 7) is 4.20. The van der Waals surface area contributed by atoms with E-state index in [1.165, 1.54) is 0 Å². The zero-order valence-corrected chi connectivity index (χ0v) is 8.23. The molecule has 0 saturated heterocycles. The Bertz CT molecular complexity index is 363. The molecule has 2 heterocycles. The number of carbonyl (C=O) groups excluding carboxylic acids is 1. The monoisotopic (exact) mass is 192 g/mol. The van der Waals surface area contributed by atoms with Crippen LogP contribution in [0.3, 0.4) is 0 Å². The Morgan fingerprint density at radius 1 is 1.57 bits per heavy atom. The van der Waals surface area contributed by atoms with Gasteiger partial charge in [-0.05, 0) is 19.9 Å². The highest BCUT2D eigenvalue weighted by Crippen LogP contribution is 2.25. The van der Waals surface area contributed by atoms with Gasteiger partial charge in [0.2, 0.25) is 0 Å². The Morgan fingerprint density at radius 3 is 3.07 bits per heavy atom. The molecule has 0 fully saturated rings. The first-order valence-corrected chi connectivity index (χ1v) is 4.60. The molecule has 0 aliphatic carbocycles. The number of amides is 1. The number of aromatic nitrogens is 1. The lowest BCUT2D eigenvalue weighted by atomic mass is 10.2. The van der Waals surface area contributed by atoms with Crippen LogP contribution in [-0.4, -0.2) is 17.1 Å². The van der Waals surface area contributed by atoms with Crippen molar-refractivity contribution in [1.29, 1.82) is 0 Å². The Balaban J connectivity index is 2.46. The van der Waals surface area contributed by atoms with Gasteiger partial charge in [0.25, 0.3) is 0 Å². The van der Waals surface area contributed by atoms with Crippen LogP contribution in [0.2, 0.25) is 0 Å². The highest BCUT2D eigenvalue weighted by Gasteiger charge is 2.28. The number of hydrogen-bond acceptors (Lipinski definition) is 3. The summed E-state index contributed by atoms with van der Waals surface area (Å²) in [6, 6.07) is 3.83. The van der Waals surface area contributed by atoms with Crippen LogP contribution in [0, 0.1) is 0 Å². The average molecular weight is 192 g/mol. The van der Waals surface area contributed by atoms with Crippen molar-refractivity contribution in [1.82, 2.24) is 4.98 Å². The number of rotatable bonds is 1. The first kappa shape index (κ1) is 8.99. The fourth-order valence-electron chi connectivity index (χ4n) is 1.51. The molecule has 1 aromatic rings. The Hall–Kier alpha value is -1.58. The van der Waals surface area contributed by atoms with Crippen LogP contribution in [0.4, 0.5) is 10.6 Å². The number of cyclic esters (lactones) is 1. The maximum atomic E-state index is 11.5. The summed E-state index contributed by atoms with van der Waals surface area (Å²) in [7, 11) is 0. The summed E-state index contributed by atoms with van der Waals surface area (Å²) in [5, 5.41) is 0. The molecule has 1 aromatic heterocycles. The minimum atomic E-state index is -0.314. The van der Waals surface area contributed by atoms with Crippen LogP contribution in [0.25, 0.3) is 0 Å². The van der Waals surface area contributed by atoms with Crippen molar-refractivity contribution in [3.63, 3.8) is 0 Å². The molecule has 0 radical (unpaired) electrons. The van der Waals surface area contributed by atoms with Gasteiger partial charge >= 0.3 is 6.09 Å². The van der Waals surface area contributed by atoms with E-state index in [2.05, 4.69) is 4.98 Å². The lowest BCUT2D eigenvalue weighted by Crippen LogP contribution is -2.41. The highest BCUT2D eigenvalue weighted by atomic mass is 16.6. The minimum absolute atomic E-state index is 0.0662. The third kappa shape index (κ3) is 1.32. The molecule has 1 aliphatic rings. The van der Waals surface area contributed by atoms with Crippen molar-refractivity contribution < 1.29 is 9.53 Å². The molecular formula is C10H12N2O2. The van der Waals surface area contributed by atoms with Gasteiger partial charge < -0.3 is 4.74 Å². The summed E-state index contributed by atoms with van der Waals surface area (Å²) in [6.07, 6.45) is 1.37. The average Bonchev–Trinajstić information content (AvgIpc) is 2.17. The molecule has 0 N–H and O–H groups in total. The topological polar surface area (TPSA) is 42.4 Å². The van der Waals surface area contributed by atoms with E-state index in [1.807, 2.05) is 26.0 Å². The highest BCUT2D eigenvalue weighted by molar-refractivity contribution is 5.89. The van der Waals surface area contributed by atoms with Gasteiger partial charge in [-0.15, -0.1) is 0 Å². The predicted molar refractivity (Wildman–Crippen MR) is 52.0 cm³/mol. The van der Waals surface area contributed by atoms with Gasteiger partial charge in [0.05, 0.1) is 0 Å². The van der Waals surface area contributed by atoms with Crippen molar-refractivity contribution >= 4 is 11.9 Å². The molecule has 0 bridgehead atoms. The van der Waals surface area contributed by atoms with Crippen molar-refractivity contribution in [2.24, 2.45) is 0 Å². The largest absolute Gasteiger partial charge is 0.444 e. The third-order valence-electron chi connectivity index (χ3n) is 2.16. The van der Waals surface area contributed by atoms with E-state index in [0.29, 0.717) is 6.61 Å². The second-order valence-corrected chi connectivity index (χ2v) is 3.50. The van der Waals surface area contributed by atoms with Gasteiger partial charge in [0.15, 0.2) is 0 Å². The number of carbonyl (C=O) groups is 1. The zero-order chi connectivity index (χ0) is 10.1. The van der Waals surface area contributed by atoms with E-state index >= 15 is 0 Å². The Kier molecular flexibility index (Phi) is 2.11. The van der Waals surface area contributed by atoms with E-state index in [0.717, 1.165) is 11.4 Å². The molecule has 1 amide bonds. The van der Waals surface area contributed by atoms with Crippen molar-refractivity contribution in [2.75, 3.05) is 4.90 Å². The summed E-state index contributed by atoms with van der Waals surface area (Å²) >= 11 is 0.